The first kappa shape index (κ1) is 31.9. The number of allylic oxidation sites excluding steroid dienone is 1. The van der Waals surface area contributed by atoms with Gasteiger partial charge in [-0.2, -0.15) is 0 Å². The second-order valence-corrected chi connectivity index (χ2v) is 16.2. The Bertz CT molecular complexity index is 1590. The summed E-state index contributed by atoms with van der Waals surface area (Å²) >= 11 is 6.41. The van der Waals surface area contributed by atoms with Crippen LogP contribution in [0.15, 0.2) is 48.6 Å². The maximum atomic E-state index is 13.7. The first-order valence-electron chi connectivity index (χ1n) is 16.7. The summed E-state index contributed by atoms with van der Waals surface area (Å²) in [5, 5.41) is 11.2. The fourth-order valence-corrected chi connectivity index (χ4v) is 9.75. The molecular weight excluding hydrogens is 626 g/mol. The summed E-state index contributed by atoms with van der Waals surface area (Å²) in [4.78, 5) is 18.1. The zero-order valence-electron chi connectivity index (χ0n) is 26.2. The Morgan fingerprint density at radius 2 is 1.93 bits per heavy atom. The molecule has 2 bridgehead atoms. The monoisotopic (exact) mass is 669 g/mol. The van der Waals surface area contributed by atoms with Crippen LogP contribution < -0.4 is 14.4 Å². The molecule has 2 N–H and O–H groups in total. The quantitative estimate of drug-likeness (QED) is 0.456. The van der Waals surface area contributed by atoms with Gasteiger partial charge in [-0.05, 0) is 98.2 Å². The number of sulfonamides is 1. The first-order valence-corrected chi connectivity index (χ1v) is 18.6. The van der Waals surface area contributed by atoms with Crippen LogP contribution >= 0.6 is 11.6 Å². The molecule has 2 fully saturated rings. The van der Waals surface area contributed by atoms with Gasteiger partial charge in [0.2, 0.25) is 10.0 Å². The van der Waals surface area contributed by atoms with Crippen molar-refractivity contribution in [2.75, 3.05) is 57.4 Å². The van der Waals surface area contributed by atoms with Crippen LogP contribution in [0.25, 0.3) is 0 Å². The fourth-order valence-electron chi connectivity index (χ4n) is 8.16. The number of nitrogens with one attached hydrogen (secondary N) is 1. The Morgan fingerprint density at radius 3 is 2.74 bits per heavy atom. The van der Waals surface area contributed by atoms with Crippen molar-refractivity contribution in [2.24, 2.45) is 11.8 Å². The van der Waals surface area contributed by atoms with Gasteiger partial charge in [-0.15, -0.1) is 0 Å². The van der Waals surface area contributed by atoms with Crippen molar-refractivity contribution >= 4 is 33.2 Å². The lowest BCUT2D eigenvalue weighted by Gasteiger charge is -2.45. The van der Waals surface area contributed by atoms with Gasteiger partial charge in [0.05, 0.1) is 36.9 Å². The highest BCUT2D eigenvalue weighted by atomic mass is 35.5. The van der Waals surface area contributed by atoms with E-state index in [2.05, 4.69) is 26.7 Å². The molecule has 0 aromatic heterocycles. The average molecular weight is 670 g/mol. The van der Waals surface area contributed by atoms with E-state index in [4.69, 9.17) is 21.1 Å². The number of aliphatic hydroxyl groups is 1. The number of benzene rings is 2. The van der Waals surface area contributed by atoms with Crippen LogP contribution in [0, 0.1) is 11.8 Å². The van der Waals surface area contributed by atoms with Crippen molar-refractivity contribution in [3.8, 4) is 5.75 Å². The number of anilines is 1. The number of hydrogen-bond acceptors (Lipinski definition) is 8. The molecule has 11 heteroatoms. The highest BCUT2D eigenvalue weighted by Crippen LogP contribution is 2.46. The summed E-state index contributed by atoms with van der Waals surface area (Å²) in [6, 6.07) is 11.4. The van der Waals surface area contributed by atoms with E-state index in [-0.39, 0.29) is 22.8 Å². The van der Waals surface area contributed by atoms with Gasteiger partial charge >= 0.3 is 0 Å². The molecule has 7 rings (SSSR count). The van der Waals surface area contributed by atoms with E-state index >= 15 is 0 Å². The molecule has 2 aromatic rings. The molecule has 3 heterocycles. The maximum Gasteiger partial charge on any atom is 0.264 e. The van der Waals surface area contributed by atoms with Gasteiger partial charge in [-0.25, -0.2) is 13.1 Å². The molecule has 248 valence electrons. The molecule has 1 spiro atoms. The Balaban J connectivity index is 1.25. The van der Waals surface area contributed by atoms with Crippen molar-refractivity contribution in [1.82, 2.24) is 9.62 Å². The van der Waals surface area contributed by atoms with Crippen LogP contribution in [0.5, 0.6) is 5.75 Å². The lowest BCUT2D eigenvalue weighted by molar-refractivity contribution is 0.0375. The number of fused-ring (bicyclic) bond motifs is 4. The number of ether oxygens (including phenoxy) is 2. The SMILES string of the molecule is O=C1NS(=O)(=O)[C@H](CN2CCOCC2)CC/C=C\[C@H](O)[C@@H]2CC[C@H]2CN2C[C@@]3(CCCc4cc(Cl)ccc43)COc3ccc1cc32. The third-order valence-corrected chi connectivity index (χ3v) is 12.9. The zero-order chi connectivity index (χ0) is 31.9. The number of aryl methyl sites for hydroxylation is 1. The van der Waals surface area contributed by atoms with Crippen LogP contribution in [0.1, 0.15) is 60.0 Å². The smallest absolute Gasteiger partial charge is 0.264 e. The van der Waals surface area contributed by atoms with E-state index in [1.807, 2.05) is 18.2 Å². The summed E-state index contributed by atoms with van der Waals surface area (Å²) in [7, 11) is -4.01. The van der Waals surface area contributed by atoms with Crippen LogP contribution in [-0.4, -0.2) is 88.2 Å². The van der Waals surface area contributed by atoms with Gasteiger partial charge < -0.3 is 19.5 Å². The lowest BCUT2D eigenvalue weighted by atomic mass is 9.68. The summed E-state index contributed by atoms with van der Waals surface area (Å²) in [5.74, 6) is 0.436. The molecule has 5 atom stereocenters. The first-order chi connectivity index (χ1) is 22.2. The number of rotatable bonds is 2. The lowest BCUT2D eigenvalue weighted by Crippen LogP contribution is -2.49. The number of nitrogens with zero attached hydrogens (tertiary/aromatic N) is 2. The van der Waals surface area contributed by atoms with E-state index in [9.17, 15) is 18.3 Å². The van der Waals surface area contributed by atoms with Crippen LogP contribution in [0.4, 0.5) is 5.69 Å². The number of carbonyl (C=O) groups excluding carboxylic acids is 1. The highest BCUT2D eigenvalue weighted by molar-refractivity contribution is 7.90. The van der Waals surface area contributed by atoms with E-state index < -0.39 is 27.3 Å². The second kappa shape index (κ2) is 13.1. The minimum absolute atomic E-state index is 0.115. The third-order valence-electron chi connectivity index (χ3n) is 10.9. The van der Waals surface area contributed by atoms with Gasteiger partial charge in [0.15, 0.2) is 0 Å². The van der Waals surface area contributed by atoms with Crippen LogP contribution in [0.2, 0.25) is 5.02 Å². The Morgan fingerprint density at radius 1 is 1.09 bits per heavy atom. The molecule has 5 aliphatic rings. The van der Waals surface area contributed by atoms with Gasteiger partial charge in [-0.3, -0.25) is 9.69 Å². The van der Waals surface area contributed by atoms with Crippen molar-refractivity contribution in [2.45, 2.75) is 61.7 Å². The van der Waals surface area contributed by atoms with E-state index in [1.54, 1.807) is 18.2 Å². The predicted octanol–water partition coefficient (Wildman–Crippen LogP) is 4.31. The molecule has 2 aliphatic carbocycles. The molecular formula is C35H44ClN3O6S. The molecule has 3 aliphatic heterocycles. The topological polar surface area (TPSA) is 108 Å². The number of hydrogen-bond donors (Lipinski definition) is 2. The summed E-state index contributed by atoms with van der Waals surface area (Å²) < 4.78 is 41.9. The van der Waals surface area contributed by atoms with Crippen molar-refractivity contribution in [3.05, 3.63) is 70.3 Å². The van der Waals surface area contributed by atoms with E-state index in [1.165, 1.54) is 11.1 Å². The predicted molar refractivity (Wildman–Crippen MR) is 178 cm³/mol. The third kappa shape index (κ3) is 6.43. The van der Waals surface area contributed by atoms with Gasteiger partial charge in [0.25, 0.3) is 5.91 Å². The zero-order valence-corrected chi connectivity index (χ0v) is 27.8. The van der Waals surface area contributed by atoms with Gasteiger partial charge in [0.1, 0.15) is 5.75 Å². The minimum Gasteiger partial charge on any atom is -0.490 e. The van der Waals surface area contributed by atoms with Crippen molar-refractivity contribution in [3.63, 3.8) is 0 Å². The van der Waals surface area contributed by atoms with Gasteiger partial charge in [-0.1, -0.05) is 29.8 Å². The van der Waals surface area contributed by atoms with Gasteiger partial charge in [0, 0.05) is 48.7 Å². The molecule has 1 saturated heterocycles. The Hall–Kier alpha value is -2.63. The number of aliphatic hydroxyl groups excluding tert-OH is 1. The largest absolute Gasteiger partial charge is 0.490 e. The second-order valence-electron chi connectivity index (χ2n) is 13.8. The summed E-state index contributed by atoms with van der Waals surface area (Å²) in [6.45, 7) is 4.62. The molecule has 2 aromatic carbocycles. The molecule has 0 radical (unpaired) electrons. The maximum absolute atomic E-state index is 13.7. The number of amides is 1. The average Bonchev–Trinajstić information content (AvgIpc) is 3.17. The van der Waals surface area contributed by atoms with E-state index in [0.717, 1.165) is 42.8 Å². The van der Waals surface area contributed by atoms with Crippen molar-refractivity contribution in [1.29, 1.82) is 0 Å². The normalized spacial score (nSPS) is 32.2. The Labute approximate surface area is 276 Å². The highest BCUT2D eigenvalue weighted by Gasteiger charge is 2.44. The number of morpholine rings is 1. The molecule has 9 nitrogen and oxygen atoms in total. The molecule has 1 amide bonds. The number of carbonyl (C=O) groups is 1. The molecule has 0 unspecified atom stereocenters. The summed E-state index contributed by atoms with van der Waals surface area (Å²) in [5.41, 5.74) is 3.31. The molecule has 1 saturated carbocycles. The molecule has 46 heavy (non-hydrogen) atoms. The number of halogens is 1. The Kier molecular flexibility index (Phi) is 9.10. The fraction of sp³-hybridized carbons (Fsp3) is 0.571. The van der Waals surface area contributed by atoms with Crippen LogP contribution in [-0.2, 0) is 26.6 Å². The minimum atomic E-state index is -4.01. The standard InChI is InChI=1S/C35H44ClN3O6S/c36-27-9-11-30-24(18-27)4-3-13-35(30)22-39-20-26-7-10-29(26)32(40)6-2-1-5-28(21-38-14-16-44-17-15-38)46(42,43)37-34(41)25-8-12-33(45-23-35)31(39)19-25/h2,6,8-9,11-12,18-19,26,28-29,32,40H,1,3-5,7,10,13-17,20-23H2,(H,37,41)/b6-2-/t26-,28-,29+,32-,35-/m0/s1. The van der Waals surface area contributed by atoms with Crippen molar-refractivity contribution < 1.29 is 27.8 Å². The van der Waals surface area contributed by atoms with E-state index in [0.29, 0.717) is 71.1 Å². The van der Waals surface area contributed by atoms with Crippen LogP contribution in [0.3, 0.4) is 0 Å². The summed E-state index contributed by atoms with van der Waals surface area (Å²) in [6.07, 6.45) is 8.91.